The molecule has 4 heteroatoms. The van der Waals surface area contributed by atoms with E-state index in [1.165, 1.54) is 0 Å². The number of urea groups is 1. The maximum atomic E-state index is 11.6. The number of imide groups is 1. The lowest BCUT2D eigenvalue weighted by Gasteiger charge is -2.29. The van der Waals surface area contributed by atoms with Gasteiger partial charge in [-0.2, -0.15) is 0 Å². The minimum Gasteiger partial charge on any atom is -0.325 e. The lowest BCUT2D eigenvalue weighted by atomic mass is 9.78. The molecular formula is C12H14N2O2. The SMILES string of the molecule is CC(C)(c1ccccc1)[C@@H]1NC(=O)NC1=O. The van der Waals surface area contributed by atoms with Gasteiger partial charge in [-0.15, -0.1) is 0 Å². The molecule has 1 aromatic rings. The van der Waals surface area contributed by atoms with Crippen molar-refractivity contribution in [3.05, 3.63) is 35.9 Å². The van der Waals surface area contributed by atoms with Gasteiger partial charge in [-0.25, -0.2) is 4.79 Å². The van der Waals surface area contributed by atoms with Crippen LogP contribution in [0.1, 0.15) is 19.4 Å². The van der Waals surface area contributed by atoms with Gasteiger partial charge in [0.2, 0.25) is 0 Å². The average molecular weight is 218 g/mol. The molecule has 1 heterocycles. The third kappa shape index (κ3) is 1.66. The monoisotopic (exact) mass is 218 g/mol. The van der Waals surface area contributed by atoms with E-state index < -0.39 is 17.5 Å². The van der Waals surface area contributed by atoms with Crippen molar-refractivity contribution >= 4 is 11.9 Å². The second-order valence-electron chi connectivity index (χ2n) is 4.48. The third-order valence-electron chi connectivity index (χ3n) is 3.01. The van der Waals surface area contributed by atoms with Gasteiger partial charge >= 0.3 is 6.03 Å². The quantitative estimate of drug-likeness (QED) is 0.732. The Morgan fingerprint density at radius 3 is 2.25 bits per heavy atom. The molecule has 0 bridgehead atoms. The van der Waals surface area contributed by atoms with Gasteiger partial charge in [0.05, 0.1) is 0 Å². The first kappa shape index (κ1) is 10.7. The maximum Gasteiger partial charge on any atom is 0.322 e. The maximum absolute atomic E-state index is 11.6. The predicted octanol–water partition coefficient (Wildman–Crippen LogP) is 1.17. The number of carbonyl (C=O) groups excluding carboxylic acids is 2. The van der Waals surface area contributed by atoms with Crippen LogP contribution >= 0.6 is 0 Å². The third-order valence-corrected chi connectivity index (χ3v) is 3.01. The topological polar surface area (TPSA) is 58.2 Å². The smallest absolute Gasteiger partial charge is 0.322 e. The van der Waals surface area contributed by atoms with Gasteiger partial charge in [-0.3, -0.25) is 10.1 Å². The van der Waals surface area contributed by atoms with E-state index in [4.69, 9.17) is 0 Å². The van der Waals surface area contributed by atoms with Crippen molar-refractivity contribution in [3.8, 4) is 0 Å². The molecule has 3 amide bonds. The Morgan fingerprint density at radius 1 is 1.12 bits per heavy atom. The molecule has 1 atom stereocenters. The van der Waals surface area contributed by atoms with Crippen LogP contribution < -0.4 is 10.6 Å². The first-order chi connectivity index (χ1) is 7.51. The summed E-state index contributed by atoms with van der Waals surface area (Å²) in [6, 6.07) is 8.75. The minimum atomic E-state index is -0.512. The fraction of sp³-hybridized carbons (Fsp3) is 0.333. The first-order valence-corrected chi connectivity index (χ1v) is 5.18. The predicted molar refractivity (Wildman–Crippen MR) is 59.9 cm³/mol. The molecule has 0 spiro atoms. The molecule has 1 aliphatic heterocycles. The number of amides is 3. The zero-order valence-electron chi connectivity index (χ0n) is 9.28. The summed E-state index contributed by atoms with van der Waals surface area (Å²) in [6.07, 6.45) is 0. The van der Waals surface area contributed by atoms with Gasteiger partial charge < -0.3 is 5.32 Å². The number of rotatable bonds is 2. The van der Waals surface area contributed by atoms with E-state index in [0.29, 0.717) is 0 Å². The standard InChI is InChI=1S/C12H14N2O2/c1-12(2,8-6-4-3-5-7-8)9-10(15)14-11(16)13-9/h3-7,9H,1-2H3,(H2,13,14,15,16)/t9-/m1/s1. The van der Waals surface area contributed by atoms with Crippen LogP contribution in [0.3, 0.4) is 0 Å². The van der Waals surface area contributed by atoms with E-state index in [1.54, 1.807) is 0 Å². The fourth-order valence-electron chi connectivity index (χ4n) is 1.96. The Balaban J connectivity index is 2.32. The van der Waals surface area contributed by atoms with Crippen LogP contribution in [0.15, 0.2) is 30.3 Å². The Morgan fingerprint density at radius 2 is 1.75 bits per heavy atom. The highest BCUT2D eigenvalue weighted by Crippen LogP contribution is 2.28. The number of hydrogen-bond donors (Lipinski definition) is 2. The Kier molecular flexibility index (Phi) is 2.42. The van der Waals surface area contributed by atoms with Crippen molar-refractivity contribution in [3.63, 3.8) is 0 Å². The summed E-state index contributed by atoms with van der Waals surface area (Å²) in [5, 5.41) is 4.90. The van der Waals surface area contributed by atoms with E-state index in [1.807, 2.05) is 44.2 Å². The molecule has 16 heavy (non-hydrogen) atoms. The van der Waals surface area contributed by atoms with Crippen LogP contribution in [0.4, 0.5) is 4.79 Å². The van der Waals surface area contributed by atoms with Crippen LogP contribution in [0, 0.1) is 0 Å². The summed E-state index contributed by atoms with van der Waals surface area (Å²) < 4.78 is 0. The van der Waals surface area contributed by atoms with Gasteiger partial charge in [0, 0.05) is 5.41 Å². The summed E-state index contributed by atoms with van der Waals surface area (Å²) in [6.45, 7) is 3.89. The normalized spacial score (nSPS) is 20.5. The van der Waals surface area contributed by atoms with Crippen molar-refractivity contribution in [2.75, 3.05) is 0 Å². The molecule has 0 radical (unpaired) electrons. The lowest BCUT2D eigenvalue weighted by molar-refractivity contribution is -0.121. The van der Waals surface area contributed by atoms with Gasteiger partial charge in [-0.1, -0.05) is 44.2 Å². The van der Waals surface area contributed by atoms with Crippen LogP contribution in [-0.4, -0.2) is 18.0 Å². The first-order valence-electron chi connectivity index (χ1n) is 5.18. The van der Waals surface area contributed by atoms with Crippen molar-refractivity contribution in [1.29, 1.82) is 0 Å². The number of nitrogens with one attached hydrogen (secondary N) is 2. The number of hydrogen-bond acceptors (Lipinski definition) is 2. The second-order valence-corrected chi connectivity index (χ2v) is 4.48. The van der Waals surface area contributed by atoms with Crippen LogP contribution in [-0.2, 0) is 10.2 Å². The van der Waals surface area contributed by atoms with E-state index in [-0.39, 0.29) is 5.91 Å². The molecule has 0 aliphatic carbocycles. The van der Waals surface area contributed by atoms with Crippen molar-refractivity contribution in [1.82, 2.24) is 10.6 Å². The summed E-state index contributed by atoms with van der Waals surface area (Å²) in [5.41, 5.74) is 0.606. The van der Waals surface area contributed by atoms with Gasteiger partial charge in [0.1, 0.15) is 6.04 Å². The minimum absolute atomic E-state index is 0.265. The van der Waals surface area contributed by atoms with E-state index in [9.17, 15) is 9.59 Å². The molecule has 0 aromatic heterocycles. The molecular weight excluding hydrogens is 204 g/mol. The van der Waals surface area contributed by atoms with Crippen LogP contribution in [0.2, 0.25) is 0 Å². The largest absolute Gasteiger partial charge is 0.325 e. The zero-order chi connectivity index (χ0) is 11.8. The van der Waals surface area contributed by atoms with Crippen molar-refractivity contribution in [2.24, 2.45) is 0 Å². The van der Waals surface area contributed by atoms with Crippen LogP contribution in [0.5, 0.6) is 0 Å². The van der Waals surface area contributed by atoms with Crippen LogP contribution in [0.25, 0.3) is 0 Å². The molecule has 2 N–H and O–H groups in total. The zero-order valence-corrected chi connectivity index (χ0v) is 9.28. The molecule has 0 saturated carbocycles. The van der Waals surface area contributed by atoms with Crippen molar-refractivity contribution < 1.29 is 9.59 Å². The van der Waals surface area contributed by atoms with Gasteiger partial charge in [-0.05, 0) is 5.56 Å². The summed E-state index contributed by atoms with van der Waals surface area (Å²) in [7, 11) is 0. The highest BCUT2D eigenvalue weighted by molar-refractivity contribution is 6.05. The van der Waals surface area contributed by atoms with E-state index in [0.717, 1.165) is 5.56 Å². The van der Waals surface area contributed by atoms with E-state index >= 15 is 0 Å². The molecule has 1 aliphatic rings. The van der Waals surface area contributed by atoms with Gasteiger partial charge in [0.25, 0.3) is 5.91 Å². The average Bonchev–Trinajstić information content (AvgIpc) is 2.60. The Hall–Kier alpha value is -1.84. The lowest BCUT2D eigenvalue weighted by Crippen LogP contribution is -2.45. The molecule has 1 aromatic carbocycles. The molecule has 1 fully saturated rings. The number of carbonyl (C=O) groups is 2. The number of benzene rings is 1. The Labute approximate surface area is 94.0 Å². The highest BCUT2D eigenvalue weighted by atomic mass is 16.2. The second kappa shape index (κ2) is 3.63. The summed E-state index contributed by atoms with van der Waals surface area (Å²) in [5.74, 6) is -0.265. The highest BCUT2D eigenvalue weighted by Gasteiger charge is 2.42. The van der Waals surface area contributed by atoms with Crippen molar-refractivity contribution in [2.45, 2.75) is 25.3 Å². The fourth-order valence-corrected chi connectivity index (χ4v) is 1.96. The molecule has 2 rings (SSSR count). The molecule has 84 valence electrons. The summed E-state index contributed by atoms with van der Waals surface area (Å²) in [4.78, 5) is 22.7. The molecule has 1 saturated heterocycles. The van der Waals surface area contributed by atoms with E-state index in [2.05, 4.69) is 10.6 Å². The molecule has 4 nitrogen and oxygen atoms in total. The van der Waals surface area contributed by atoms with Gasteiger partial charge in [0.15, 0.2) is 0 Å². The molecule has 0 unspecified atom stereocenters. The summed E-state index contributed by atoms with van der Waals surface area (Å²) >= 11 is 0. The Bertz CT molecular complexity index is 426.